The molecule has 0 saturated heterocycles. The molecule has 0 saturated carbocycles. The van der Waals surface area contributed by atoms with Crippen LogP contribution >= 0.6 is 0 Å². The van der Waals surface area contributed by atoms with E-state index in [4.69, 9.17) is 0 Å². The minimum absolute atomic E-state index is 0.00690. The lowest BCUT2D eigenvalue weighted by molar-refractivity contribution is -0.137. The van der Waals surface area contributed by atoms with Crippen LogP contribution in [-0.2, 0) is 17.6 Å². The number of aliphatic carboxylic acids is 1. The number of carboxylic acid groups (broad SMARTS) is 1. The number of carbonyl (C=O) groups is 1. The highest BCUT2D eigenvalue weighted by Gasteiger charge is 2.16. The van der Waals surface area contributed by atoms with Crippen LogP contribution in [0.2, 0.25) is 0 Å². The first-order valence-electron chi connectivity index (χ1n) is 9.85. The summed E-state index contributed by atoms with van der Waals surface area (Å²) in [5.41, 5.74) is 3.41. The second kappa shape index (κ2) is 9.44. The van der Waals surface area contributed by atoms with Gasteiger partial charge in [0.2, 0.25) is 0 Å². The highest BCUT2D eigenvalue weighted by molar-refractivity contribution is 5.68. The minimum atomic E-state index is -0.767. The molecule has 1 aliphatic heterocycles. The average molecular weight is 368 g/mol. The predicted octanol–water partition coefficient (Wildman–Crippen LogP) is 3.90. The molecule has 0 spiro atoms. The first-order chi connectivity index (χ1) is 13.1. The van der Waals surface area contributed by atoms with Gasteiger partial charge in [0.15, 0.2) is 0 Å². The highest BCUT2D eigenvalue weighted by atomic mass is 16.4. The predicted molar refractivity (Wildman–Crippen MR) is 105 cm³/mol. The van der Waals surface area contributed by atoms with Crippen LogP contribution in [-0.4, -0.2) is 32.6 Å². The fourth-order valence-corrected chi connectivity index (χ4v) is 3.60. The van der Waals surface area contributed by atoms with E-state index >= 15 is 0 Å². The molecule has 0 aliphatic carbocycles. The van der Waals surface area contributed by atoms with Gasteiger partial charge in [-0.3, -0.25) is 4.79 Å². The molecule has 2 N–H and O–H groups in total. The molecule has 0 amide bonds. The van der Waals surface area contributed by atoms with Crippen LogP contribution in [0.25, 0.3) is 0 Å². The maximum absolute atomic E-state index is 11.2. The largest absolute Gasteiger partial charge is 0.481 e. The number of hydrogen-bond acceptors (Lipinski definition) is 5. The summed E-state index contributed by atoms with van der Waals surface area (Å²) in [6, 6.07) is 4.34. The van der Waals surface area contributed by atoms with Crippen LogP contribution in [0, 0.1) is 6.92 Å². The summed E-state index contributed by atoms with van der Waals surface area (Å²) in [5, 5.41) is 12.5. The maximum atomic E-state index is 11.2. The van der Waals surface area contributed by atoms with Crippen molar-refractivity contribution < 1.29 is 9.90 Å². The number of anilines is 1. The number of hydrogen-bond donors (Lipinski definition) is 2. The van der Waals surface area contributed by atoms with Crippen LogP contribution in [0.3, 0.4) is 0 Å². The van der Waals surface area contributed by atoms with E-state index < -0.39 is 5.97 Å². The van der Waals surface area contributed by atoms with Gasteiger partial charge >= 0.3 is 5.97 Å². The zero-order valence-electron chi connectivity index (χ0n) is 15.9. The normalized spacial score (nSPS) is 13.8. The molecule has 3 rings (SSSR count). The standard InChI is InChI=1S/C21H28N4O2/c1-15-23-13-18(14-24-15)17(12-20(26)27)6-4-2-3-5-7-19-9-8-16-10-11-22-21(16)25-19/h8-9,13-14,17H,2-7,10-12H2,1H3,(H,22,25)(H,26,27)/t17-/m1/s1. The van der Waals surface area contributed by atoms with Crippen LogP contribution in [0.1, 0.15) is 67.1 Å². The molecule has 0 bridgehead atoms. The maximum Gasteiger partial charge on any atom is 0.303 e. The number of carboxylic acids is 1. The topological polar surface area (TPSA) is 88.0 Å². The lowest BCUT2D eigenvalue weighted by Crippen LogP contribution is -2.08. The molecule has 0 radical (unpaired) electrons. The van der Waals surface area contributed by atoms with Gasteiger partial charge in [-0.2, -0.15) is 0 Å². The smallest absolute Gasteiger partial charge is 0.303 e. The number of pyridine rings is 1. The van der Waals surface area contributed by atoms with Gasteiger partial charge in [-0.05, 0) is 55.7 Å². The van der Waals surface area contributed by atoms with Crippen molar-refractivity contribution in [2.75, 3.05) is 11.9 Å². The zero-order valence-corrected chi connectivity index (χ0v) is 15.9. The van der Waals surface area contributed by atoms with E-state index in [0.29, 0.717) is 5.82 Å². The first kappa shape index (κ1) is 19.3. The van der Waals surface area contributed by atoms with Gasteiger partial charge < -0.3 is 10.4 Å². The van der Waals surface area contributed by atoms with Gasteiger partial charge in [0.05, 0.1) is 6.42 Å². The lowest BCUT2D eigenvalue weighted by atomic mass is 9.92. The average Bonchev–Trinajstić information content (AvgIpc) is 3.11. The molecule has 1 atom stereocenters. The lowest BCUT2D eigenvalue weighted by Gasteiger charge is -2.14. The van der Waals surface area contributed by atoms with Crippen molar-refractivity contribution in [2.24, 2.45) is 0 Å². The molecule has 27 heavy (non-hydrogen) atoms. The molecular weight excluding hydrogens is 340 g/mol. The molecule has 1 aliphatic rings. The summed E-state index contributed by atoms with van der Waals surface area (Å²) in [7, 11) is 0. The van der Waals surface area contributed by atoms with E-state index in [1.54, 1.807) is 12.4 Å². The van der Waals surface area contributed by atoms with Crippen LogP contribution in [0.5, 0.6) is 0 Å². The van der Waals surface area contributed by atoms with Crippen molar-refractivity contribution in [3.63, 3.8) is 0 Å². The van der Waals surface area contributed by atoms with E-state index in [1.165, 1.54) is 5.56 Å². The molecule has 3 heterocycles. The van der Waals surface area contributed by atoms with Crippen LogP contribution in [0.15, 0.2) is 24.5 Å². The summed E-state index contributed by atoms with van der Waals surface area (Å²) >= 11 is 0. The second-order valence-corrected chi connectivity index (χ2v) is 7.30. The van der Waals surface area contributed by atoms with Crippen molar-refractivity contribution in [1.82, 2.24) is 15.0 Å². The third-order valence-corrected chi connectivity index (χ3v) is 5.15. The monoisotopic (exact) mass is 368 g/mol. The molecule has 0 fully saturated rings. The number of rotatable bonds is 10. The molecule has 2 aromatic heterocycles. The fourth-order valence-electron chi connectivity index (χ4n) is 3.60. The van der Waals surface area contributed by atoms with Gasteiger partial charge in [-0.25, -0.2) is 15.0 Å². The summed E-state index contributed by atoms with van der Waals surface area (Å²) in [6.45, 7) is 2.83. The summed E-state index contributed by atoms with van der Waals surface area (Å²) in [5.74, 6) is 0.997. The van der Waals surface area contributed by atoms with E-state index in [1.807, 2.05) is 6.92 Å². The number of aryl methyl sites for hydroxylation is 2. The molecule has 2 aromatic rings. The van der Waals surface area contributed by atoms with Crippen molar-refractivity contribution in [3.8, 4) is 0 Å². The zero-order chi connectivity index (χ0) is 19.1. The SMILES string of the molecule is Cc1ncc([C@H](CCCCCCc2ccc3c(n2)NCC3)CC(=O)O)cn1. The van der Waals surface area contributed by atoms with E-state index in [-0.39, 0.29) is 12.3 Å². The Morgan fingerprint density at radius 1 is 1.19 bits per heavy atom. The van der Waals surface area contributed by atoms with Gasteiger partial charge in [0.25, 0.3) is 0 Å². The Balaban J connectivity index is 1.39. The Morgan fingerprint density at radius 3 is 2.74 bits per heavy atom. The highest BCUT2D eigenvalue weighted by Crippen LogP contribution is 2.26. The van der Waals surface area contributed by atoms with E-state index in [2.05, 4.69) is 32.4 Å². The number of fused-ring (bicyclic) bond motifs is 1. The molecule has 0 aromatic carbocycles. The van der Waals surface area contributed by atoms with Crippen LogP contribution < -0.4 is 5.32 Å². The summed E-state index contributed by atoms with van der Waals surface area (Å²) in [4.78, 5) is 24.3. The quantitative estimate of drug-likeness (QED) is 0.618. The van der Waals surface area contributed by atoms with Crippen molar-refractivity contribution >= 4 is 11.8 Å². The van der Waals surface area contributed by atoms with Gasteiger partial charge in [-0.1, -0.05) is 25.3 Å². The molecule has 6 nitrogen and oxygen atoms in total. The number of nitrogens with one attached hydrogen (secondary N) is 1. The fraction of sp³-hybridized carbons (Fsp3) is 0.524. The Hall–Kier alpha value is -2.50. The number of unbranched alkanes of at least 4 members (excludes halogenated alkanes) is 3. The van der Waals surface area contributed by atoms with E-state index in [0.717, 1.165) is 68.6 Å². The Kier molecular flexibility index (Phi) is 6.74. The minimum Gasteiger partial charge on any atom is -0.481 e. The Morgan fingerprint density at radius 2 is 1.96 bits per heavy atom. The third-order valence-electron chi connectivity index (χ3n) is 5.15. The van der Waals surface area contributed by atoms with Crippen LogP contribution in [0.4, 0.5) is 5.82 Å². The van der Waals surface area contributed by atoms with Crippen molar-refractivity contribution in [1.29, 1.82) is 0 Å². The van der Waals surface area contributed by atoms with Gasteiger partial charge in [0, 0.05) is 24.6 Å². The molecular formula is C21H28N4O2. The molecule has 6 heteroatoms. The third kappa shape index (κ3) is 5.74. The van der Waals surface area contributed by atoms with Gasteiger partial charge in [-0.15, -0.1) is 0 Å². The summed E-state index contributed by atoms with van der Waals surface area (Å²) in [6.07, 6.45) is 11.0. The van der Waals surface area contributed by atoms with Crippen molar-refractivity contribution in [2.45, 2.75) is 64.2 Å². The Bertz CT molecular complexity index is 761. The molecule has 144 valence electrons. The second-order valence-electron chi connectivity index (χ2n) is 7.30. The molecule has 0 unspecified atom stereocenters. The Labute approximate surface area is 160 Å². The van der Waals surface area contributed by atoms with Crippen molar-refractivity contribution in [3.05, 3.63) is 47.2 Å². The number of nitrogens with zero attached hydrogens (tertiary/aromatic N) is 3. The number of aromatic nitrogens is 3. The van der Waals surface area contributed by atoms with E-state index in [9.17, 15) is 9.90 Å². The van der Waals surface area contributed by atoms with Gasteiger partial charge in [0.1, 0.15) is 11.6 Å². The first-order valence-corrected chi connectivity index (χ1v) is 9.85. The summed E-state index contributed by atoms with van der Waals surface area (Å²) < 4.78 is 0.